The van der Waals surface area contributed by atoms with E-state index in [0.717, 1.165) is 12.1 Å². The van der Waals surface area contributed by atoms with Gasteiger partial charge in [-0.05, 0) is 25.0 Å². The largest absolute Gasteiger partial charge is 0.468 e. The van der Waals surface area contributed by atoms with E-state index in [1.165, 1.54) is 12.7 Å². The topological polar surface area (TPSA) is 29.5 Å². The molecule has 1 aromatic carbocycles. The number of nitrogens with zero attached hydrogens (tertiary/aromatic N) is 1. The summed E-state index contributed by atoms with van der Waals surface area (Å²) in [7, 11) is 1.45. The molecule has 3 heteroatoms. The van der Waals surface area contributed by atoms with Gasteiger partial charge in [-0.3, -0.25) is 4.90 Å². The third-order valence-corrected chi connectivity index (χ3v) is 3.12. The van der Waals surface area contributed by atoms with Crippen molar-refractivity contribution in [3.05, 3.63) is 35.4 Å². The lowest BCUT2D eigenvalue weighted by atomic mass is 10.1. The van der Waals surface area contributed by atoms with E-state index < -0.39 is 0 Å². The Balaban J connectivity index is 2.40. The first-order chi connectivity index (χ1) is 7.65. The van der Waals surface area contributed by atoms with E-state index in [1.54, 1.807) is 0 Å². The van der Waals surface area contributed by atoms with Gasteiger partial charge >= 0.3 is 5.97 Å². The van der Waals surface area contributed by atoms with Crippen LogP contribution in [0.3, 0.4) is 0 Å². The molecule has 1 aliphatic heterocycles. The summed E-state index contributed by atoms with van der Waals surface area (Å²) >= 11 is 0. The zero-order valence-corrected chi connectivity index (χ0v) is 9.93. The molecule has 0 saturated carbocycles. The van der Waals surface area contributed by atoms with Crippen LogP contribution in [0.2, 0.25) is 0 Å². The lowest BCUT2D eigenvalue weighted by Crippen LogP contribution is -2.34. The number of methoxy groups -OCH3 is 1. The lowest BCUT2D eigenvalue weighted by Gasteiger charge is -2.26. The first-order valence-electron chi connectivity index (χ1n) is 5.56. The van der Waals surface area contributed by atoms with Crippen molar-refractivity contribution < 1.29 is 9.53 Å². The molecule has 16 heavy (non-hydrogen) atoms. The van der Waals surface area contributed by atoms with Crippen LogP contribution >= 0.6 is 0 Å². The SMILES string of the molecule is COC(=O)[C@@H]1c2ccccc2CN1C(C)C. The van der Waals surface area contributed by atoms with Gasteiger partial charge in [-0.15, -0.1) is 0 Å². The highest BCUT2D eigenvalue weighted by Crippen LogP contribution is 2.35. The average molecular weight is 219 g/mol. The molecule has 1 atom stereocenters. The average Bonchev–Trinajstić information content (AvgIpc) is 2.67. The number of hydrogen-bond acceptors (Lipinski definition) is 3. The normalized spacial score (nSPS) is 19.9. The van der Waals surface area contributed by atoms with Gasteiger partial charge in [0, 0.05) is 12.6 Å². The maximum absolute atomic E-state index is 11.8. The first kappa shape index (κ1) is 11.1. The van der Waals surface area contributed by atoms with Crippen LogP contribution in [0, 0.1) is 0 Å². The fourth-order valence-corrected chi connectivity index (χ4v) is 2.27. The lowest BCUT2D eigenvalue weighted by molar-refractivity contribution is -0.147. The Hall–Kier alpha value is -1.35. The van der Waals surface area contributed by atoms with Crippen LogP contribution in [0.25, 0.3) is 0 Å². The number of fused-ring (bicyclic) bond motifs is 1. The Morgan fingerprint density at radius 3 is 2.75 bits per heavy atom. The highest BCUT2D eigenvalue weighted by Gasteiger charge is 2.37. The summed E-state index contributed by atoms with van der Waals surface area (Å²) in [6.45, 7) is 5.03. The number of rotatable bonds is 2. The van der Waals surface area contributed by atoms with Crippen LogP contribution < -0.4 is 0 Å². The Labute approximate surface area is 96.0 Å². The summed E-state index contributed by atoms with van der Waals surface area (Å²) in [5.41, 5.74) is 2.31. The zero-order valence-electron chi connectivity index (χ0n) is 9.93. The van der Waals surface area contributed by atoms with Crippen molar-refractivity contribution in [2.45, 2.75) is 32.5 Å². The minimum atomic E-state index is -0.235. The molecule has 0 amide bonds. The molecule has 0 unspecified atom stereocenters. The van der Waals surface area contributed by atoms with E-state index in [0.29, 0.717) is 6.04 Å². The molecule has 2 rings (SSSR count). The Morgan fingerprint density at radius 1 is 1.44 bits per heavy atom. The number of esters is 1. The van der Waals surface area contributed by atoms with Gasteiger partial charge in [-0.2, -0.15) is 0 Å². The van der Waals surface area contributed by atoms with Gasteiger partial charge in [-0.25, -0.2) is 4.79 Å². The van der Waals surface area contributed by atoms with E-state index in [1.807, 2.05) is 18.2 Å². The fourth-order valence-electron chi connectivity index (χ4n) is 2.27. The Morgan fingerprint density at radius 2 is 2.12 bits per heavy atom. The summed E-state index contributed by atoms with van der Waals surface area (Å²) < 4.78 is 4.89. The van der Waals surface area contributed by atoms with Crippen LogP contribution in [0.5, 0.6) is 0 Å². The molecule has 0 spiro atoms. The molecule has 0 fully saturated rings. The van der Waals surface area contributed by atoms with Crippen LogP contribution in [0.15, 0.2) is 24.3 Å². The molecule has 0 radical (unpaired) electrons. The van der Waals surface area contributed by atoms with Crippen molar-refractivity contribution >= 4 is 5.97 Å². The van der Waals surface area contributed by atoms with E-state index in [-0.39, 0.29) is 12.0 Å². The van der Waals surface area contributed by atoms with Crippen LogP contribution in [0.4, 0.5) is 0 Å². The maximum atomic E-state index is 11.8. The van der Waals surface area contributed by atoms with Gasteiger partial charge in [0.05, 0.1) is 7.11 Å². The second-order valence-electron chi connectivity index (χ2n) is 4.39. The van der Waals surface area contributed by atoms with E-state index in [2.05, 4.69) is 24.8 Å². The fraction of sp³-hybridized carbons (Fsp3) is 0.462. The quantitative estimate of drug-likeness (QED) is 0.714. The predicted molar refractivity (Wildman–Crippen MR) is 61.9 cm³/mol. The van der Waals surface area contributed by atoms with Crippen LogP contribution in [-0.4, -0.2) is 24.0 Å². The van der Waals surface area contributed by atoms with E-state index in [4.69, 9.17) is 4.74 Å². The molecule has 86 valence electrons. The Kier molecular flexibility index (Phi) is 2.97. The van der Waals surface area contributed by atoms with Gasteiger partial charge in [0.15, 0.2) is 0 Å². The summed E-state index contributed by atoms with van der Waals surface area (Å²) in [4.78, 5) is 14.0. The predicted octanol–water partition coefficient (Wildman–Crippen LogP) is 2.12. The molecule has 1 aliphatic rings. The molecular formula is C13H17NO2. The second-order valence-corrected chi connectivity index (χ2v) is 4.39. The molecule has 1 aromatic rings. The molecular weight excluding hydrogens is 202 g/mol. The first-order valence-corrected chi connectivity index (χ1v) is 5.56. The van der Waals surface area contributed by atoms with Crippen molar-refractivity contribution in [2.75, 3.05) is 7.11 Å². The highest BCUT2D eigenvalue weighted by molar-refractivity contribution is 5.79. The van der Waals surface area contributed by atoms with Crippen molar-refractivity contribution in [3.63, 3.8) is 0 Å². The molecule has 0 aromatic heterocycles. The monoisotopic (exact) mass is 219 g/mol. The standard InChI is InChI=1S/C13H17NO2/c1-9(2)14-8-10-6-4-5-7-11(10)12(14)13(15)16-3/h4-7,9,12H,8H2,1-3H3/t12-/m0/s1. The van der Waals surface area contributed by atoms with Crippen molar-refractivity contribution in [2.24, 2.45) is 0 Å². The van der Waals surface area contributed by atoms with Crippen molar-refractivity contribution in [3.8, 4) is 0 Å². The van der Waals surface area contributed by atoms with Crippen LogP contribution in [-0.2, 0) is 16.1 Å². The summed E-state index contributed by atoms with van der Waals surface area (Å²) in [6.07, 6.45) is 0. The summed E-state index contributed by atoms with van der Waals surface area (Å²) in [5, 5.41) is 0. The van der Waals surface area contributed by atoms with Gasteiger partial charge in [-0.1, -0.05) is 24.3 Å². The molecule has 0 aliphatic carbocycles. The number of benzene rings is 1. The molecule has 3 nitrogen and oxygen atoms in total. The third kappa shape index (κ3) is 1.71. The van der Waals surface area contributed by atoms with Gasteiger partial charge in [0.25, 0.3) is 0 Å². The number of carbonyl (C=O) groups excluding carboxylic acids is 1. The van der Waals surface area contributed by atoms with E-state index in [9.17, 15) is 4.79 Å². The van der Waals surface area contributed by atoms with Gasteiger partial charge in [0.2, 0.25) is 0 Å². The molecule has 0 N–H and O–H groups in total. The number of ether oxygens (including phenoxy) is 1. The summed E-state index contributed by atoms with van der Waals surface area (Å²) in [5.74, 6) is -0.168. The highest BCUT2D eigenvalue weighted by atomic mass is 16.5. The maximum Gasteiger partial charge on any atom is 0.327 e. The Bertz CT molecular complexity index is 401. The van der Waals surface area contributed by atoms with Gasteiger partial charge < -0.3 is 4.74 Å². The third-order valence-electron chi connectivity index (χ3n) is 3.12. The number of carbonyl (C=O) groups is 1. The smallest absolute Gasteiger partial charge is 0.327 e. The van der Waals surface area contributed by atoms with Crippen LogP contribution in [0.1, 0.15) is 31.0 Å². The number of hydrogen-bond donors (Lipinski definition) is 0. The van der Waals surface area contributed by atoms with Crippen molar-refractivity contribution in [1.29, 1.82) is 0 Å². The molecule has 0 bridgehead atoms. The van der Waals surface area contributed by atoms with Crippen molar-refractivity contribution in [1.82, 2.24) is 4.90 Å². The molecule has 1 heterocycles. The second kappa shape index (κ2) is 4.26. The minimum absolute atomic E-state index is 0.168. The van der Waals surface area contributed by atoms with Gasteiger partial charge in [0.1, 0.15) is 6.04 Å². The minimum Gasteiger partial charge on any atom is -0.468 e. The van der Waals surface area contributed by atoms with E-state index >= 15 is 0 Å². The molecule has 0 saturated heterocycles. The summed E-state index contributed by atoms with van der Waals surface area (Å²) in [6, 6.07) is 8.17. The zero-order chi connectivity index (χ0) is 11.7.